The van der Waals surface area contributed by atoms with E-state index in [0.717, 1.165) is 66.8 Å². The molecule has 69 heavy (non-hydrogen) atoms. The monoisotopic (exact) mass is 878 g/mol. The summed E-state index contributed by atoms with van der Waals surface area (Å²) in [4.78, 5) is 2.36. The van der Waals surface area contributed by atoms with Crippen molar-refractivity contribution in [3.05, 3.63) is 255 Å². The summed E-state index contributed by atoms with van der Waals surface area (Å²) in [5.41, 5.74) is 15.5. The van der Waals surface area contributed by atoms with Crippen molar-refractivity contribution in [2.45, 2.75) is 0 Å². The van der Waals surface area contributed by atoms with Gasteiger partial charge in [0, 0.05) is 49.6 Å². The highest BCUT2D eigenvalue weighted by Gasteiger charge is 2.18. The molecule has 0 radical (unpaired) electrons. The fraction of sp³-hybridized carbons (Fsp3) is 0. The molecule has 0 saturated heterocycles. The maximum absolute atomic E-state index is 6.59. The highest BCUT2D eigenvalue weighted by molar-refractivity contribution is 6.15. The van der Waals surface area contributed by atoms with Crippen LogP contribution in [-0.2, 0) is 0 Å². The van der Waals surface area contributed by atoms with Crippen molar-refractivity contribution in [1.29, 1.82) is 0 Å². The highest BCUT2D eigenvalue weighted by atomic mass is 16.3. The predicted octanol–water partition coefficient (Wildman–Crippen LogP) is 18.6. The maximum atomic E-state index is 6.59. The van der Waals surface area contributed by atoms with Crippen molar-refractivity contribution in [2.75, 3.05) is 4.90 Å². The number of nitrogens with zero attached hydrogens (tertiary/aromatic N) is 2. The molecule has 0 spiro atoms. The lowest BCUT2D eigenvalue weighted by molar-refractivity contribution is 0.673. The van der Waals surface area contributed by atoms with Gasteiger partial charge in [-0.1, -0.05) is 176 Å². The Morgan fingerprint density at radius 2 is 0.739 bits per heavy atom. The largest absolute Gasteiger partial charge is 0.455 e. The summed E-state index contributed by atoms with van der Waals surface area (Å²) in [6.45, 7) is 0. The molecule has 14 aromatic rings. The van der Waals surface area contributed by atoms with E-state index in [1.165, 1.54) is 65.4 Å². The Balaban J connectivity index is 0.855. The van der Waals surface area contributed by atoms with Gasteiger partial charge in [-0.25, -0.2) is 0 Å². The molecule has 2 heterocycles. The van der Waals surface area contributed by atoms with E-state index in [2.05, 4.69) is 264 Å². The number of rotatable bonds is 7. The van der Waals surface area contributed by atoms with Crippen LogP contribution in [0, 0.1) is 0 Å². The standard InChI is InChI=1S/C66H42N2O/c1-3-13-54-45(11-1)21-22-48-23-24-49(41-61(48)54)43-25-33-51(34-26-43)67(52-35-27-44(28-36-52)50-32-39-59-60-40-31-46-12-2-4-15-56(46)66(60)69-65(59)42-50)53-37-29-47(30-38-53)55-14-5-8-18-62(55)68-63-19-9-6-16-57(63)58-17-7-10-20-64(58)68/h1-42H. The molecule has 3 nitrogen and oxygen atoms in total. The second kappa shape index (κ2) is 15.7. The zero-order valence-electron chi connectivity index (χ0n) is 37.6. The lowest BCUT2D eigenvalue weighted by atomic mass is 9.97. The Bertz CT molecular complexity index is 4240. The zero-order valence-corrected chi connectivity index (χ0v) is 37.6. The van der Waals surface area contributed by atoms with Crippen LogP contribution in [0.3, 0.4) is 0 Å². The topological polar surface area (TPSA) is 21.3 Å². The molecule has 0 unspecified atom stereocenters. The lowest BCUT2D eigenvalue weighted by Crippen LogP contribution is -2.09. The van der Waals surface area contributed by atoms with Gasteiger partial charge < -0.3 is 13.9 Å². The number of benzene rings is 12. The summed E-state index contributed by atoms with van der Waals surface area (Å²) >= 11 is 0. The Kier molecular flexibility index (Phi) is 8.90. The Labute approximate surface area is 399 Å². The van der Waals surface area contributed by atoms with Gasteiger partial charge in [0.25, 0.3) is 0 Å². The summed E-state index contributed by atoms with van der Waals surface area (Å²) in [5, 5.41) is 12.1. The van der Waals surface area contributed by atoms with Crippen LogP contribution < -0.4 is 4.90 Å². The SMILES string of the molecule is c1ccc(-n2c3ccccc3c3ccccc32)c(-c2ccc(N(c3ccc(-c4ccc5c(c4)oc4c6ccccc6ccc54)cc3)c3ccc(-c4ccc5ccc6ccccc6c5c4)cc3)cc2)c1. The van der Waals surface area contributed by atoms with Crippen molar-refractivity contribution in [3.63, 3.8) is 0 Å². The third-order valence-electron chi connectivity index (χ3n) is 14.2. The number of anilines is 3. The average molecular weight is 879 g/mol. The van der Waals surface area contributed by atoms with Crippen molar-refractivity contribution in [2.24, 2.45) is 0 Å². The van der Waals surface area contributed by atoms with Gasteiger partial charge in [0.1, 0.15) is 11.2 Å². The van der Waals surface area contributed by atoms with Crippen molar-refractivity contribution < 1.29 is 4.42 Å². The molecule has 0 bridgehead atoms. The molecule has 2 aromatic heterocycles. The second-order valence-corrected chi connectivity index (χ2v) is 18.1. The maximum Gasteiger partial charge on any atom is 0.143 e. The fourth-order valence-corrected chi connectivity index (χ4v) is 10.8. The number of furan rings is 1. The minimum atomic E-state index is 0.893. The average Bonchev–Trinajstić information content (AvgIpc) is 3.97. The molecular formula is C66H42N2O. The molecular weight excluding hydrogens is 837 g/mol. The summed E-state index contributed by atoms with van der Waals surface area (Å²) in [6, 6.07) is 92.5. The van der Waals surface area contributed by atoms with Crippen LogP contribution in [-0.4, -0.2) is 4.57 Å². The van der Waals surface area contributed by atoms with Crippen LogP contribution in [0.4, 0.5) is 17.1 Å². The third-order valence-corrected chi connectivity index (χ3v) is 14.2. The van der Waals surface area contributed by atoms with Gasteiger partial charge in [0.2, 0.25) is 0 Å². The van der Waals surface area contributed by atoms with Gasteiger partial charge in [-0.15, -0.1) is 0 Å². The van der Waals surface area contributed by atoms with Gasteiger partial charge in [0.05, 0.1) is 16.7 Å². The van der Waals surface area contributed by atoms with E-state index in [9.17, 15) is 0 Å². The first-order valence-corrected chi connectivity index (χ1v) is 23.6. The molecule has 0 aliphatic heterocycles. The van der Waals surface area contributed by atoms with Crippen LogP contribution >= 0.6 is 0 Å². The van der Waals surface area contributed by atoms with Crippen molar-refractivity contribution in [1.82, 2.24) is 4.57 Å². The first-order chi connectivity index (χ1) is 34.2. The molecule has 0 fully saturated rings. The van der Waals surface area contributed by atoms with Gasteiger partial charge in [-0.2, -0.15) is 0 Å². The van der Waals surface area contributed by atoms with Gasteiger partial charge in [0.15, 0.2) is 0 Å². The molecule has 0 amide bonds. The van der Waals surface area contributed by atoms with Crippen LogP contribution in [0.25, 0.3) is 115 Å². The fourth-order valence-electron chi connectivity index (χ4n) is 10.8. The van der Waals surface area contributed by atoms with Crippen molar-refractivity contribution >= 4 is 93.1 Å². The normalized spacial score (nSPS) is 11.8. The van der Waals surface area contributed by atoms with Gasteiger partial charge >= 0.3 is 0 Å². The summed E-state index contributed by atoms with van der Waals surface area (Å²) < 4.78 is 9.00. The molecule has 14 rings (SSSR count). The molecule has 0 saturated carbocycles. The van der Waals surface area contributed by atoms with E-state index in [1.54, 1.807) is 0 Å². The van der Waals surface area contributed by atoms with E-state index in [1.807, 2.05) is 0 Å². The minimum absolute atomic E-state index is 0.893. The van der Waals surface area contributed by atoms with E-state index in [-0.39, 0.29) is 0 Å². The Hall–Kier alpha value is -9.18. The molecule has 0 aliphatic rings. The number of fused-ring (bicyclic) bond motifs is 11. The molecule has 0 aliphatic carbocycles. The van der Waals surface area contributed by atoms with Gasteiger partial charge in [-0.3, -0.25) is 0 Å². The number of hydrogen-bond acceptors (Lipinski definition) is 2. The third kappa shape index (κ3) is 6.43. The van der Waals surface area contributed by atoms with E-state index < -0.39 is 0 Å². The van der Waals surface area contributed by atoms with E-state index >= 15 is 0 Å². The molecule has 0 N–H and O–H groups in total. The molecule has 3 heteroatoms. The van der Waals surface area contributed by atoms with Crippen LogP contribution in [0.15, 0.2) is 259 Å². The molecule has 322 valence electrons. The summed E-state index contributed by atoms with van der Waals surface area (Å²) in [5.74, 6) is 0. The predicted molar refractivity (Wildman–Crippen MR) is 292 cm³/mol. The first kappa shape index (κ1) is 39.0. The van der Waals surface area contributed by atoms with Gasteiger partial charge in [-0.05, 0) is 134 Å². The Morgan fingerprint density at radius 3 is 1.41 bits per heavy atom. The molecule has 0 atom stereocenters. The first-order valence-electron chi connectivity index (χ1n) is 23.6. The smallest absolute Gasteiger partial charge is 0.143 e. The van der Waals surface area contributed by atoms with E-state index in [0.29, 0.717) is 0 Å². The quantitative estimate of drug-likeness (QED) is 0.149. The van der Waals surface area contributed by atoms with Crippen LogP contribution in [0.2, 0.25) is 0 Å². The minimum Gasteiger partial charge on any atom is -0.455 e. The number of para-hydroxylation sites is 3. The Morgan fingerprint density at radius 1 is 0.290 bits per heavy atom. The van der Waals surface area contributed by atoms with Crippen LogP contribution in [0.1, 0.15) is 0 Å². The summed E-state index contributed by atoms with van der Waals surface area (Å²) in [6.07, 6.45) is 0. The lowest BCUT2D eigenvalue weighted by Gasteiger charge is -2.26. The number of aromatic nitrogens is 1. The second-order valence-electron chi connectivity index (χ2n) is 18.1. The van der Waals surface area contributed by atoms with E-state index in [4.69, 9.17) is 4.42 Å². The van der Waals surface area contributed by atoms with Crippen molar-refractivity contribution in [3.8, 4) is 39.1 Å². The van der Waals surface area contributed by atoms with Crippen LogP contribution in [0.5, 0.6) is 0 Å². The summed E-state index contributed by atoms with van der Waals surface area (Å²) in [7, 11) is 0. The zero-order chi connectivity index (χ0) is 45.4. The molecule has 12 aromatic carbocycles. The highest BCUT2D eigenvalue weighted by Crippen LogP contribution is 2.42. The number of hydrogen-bond donors (Lipinski definition) is 0.